The highest BCUT2D eigenvalue weighted by atomic mass is 16.5. The minimum atomic E-state index is -1.42. The standard InChI is InChI=1S/C11H13NO6/c1-3-18-11(17)6(2)12-8(10(15)16)4-7(13)5-9(12)14/h4-6,13H,3H2,1-2H3,(H,15,16). The molecular formula is C11H13NO6. The molecule has 7 nitrogen and oxygen atoms in total. The van der Waals surface area contributed by atoms with Crippen molar-refractivity contribution in [1.29, 1.82) is 0 Å². The minimum Gasteiger partial charge on any atom is -0.508 e. The van der Waals surface area contributed by atoms with E-state index >= 15 is 0 Å². The summed E-state index contributed by atoms with van der Waals surface area (Å²) in [4.78, 5) is 34.2. The third kappa shape index (κ3) is 2.68. The number of carboxylic acids is 1. The first-order valence-electron chi connectivity index (χ1n) is 5.24. The molecule has 0 aliphatic carbocycles. The lowest BCUT2D eigenvalue weighted by Gasteiger charge is -2.16. The summed E-state index contributed by atoms with van der Waals surface area (Å²) in [6.45, 7) is 3.07. The molecule has 1 aromatic rings. The summed E-state index contributed by atoms with van der Waals surface area (Å²) in [5.41, 5.74) is -1.26. The van der Waals surface area contributed by atoms with Gasteiger partial charge in [0.15, 0.2) is 0 Å². The molecule has 1 rings (SSSR count). The fourth-order valence-corrected chi connectivity index (χ4v) is 1.50. The number of carbonyl (C=O) groups excluding carboxylic acids is 1. The number of nitrogens with zero attached hydrogens (tertiary/aromatic N) is 1. The average molecular weight is 255 g/mol. The Kier molecular flexibility index (Phi) is 4.09. The molecule has 1 atom stereocenters. The van der Waals surface area contributed by atoms with Crippen molar-refractivity contribution >= 4 is 11.9 Å². The second kappa shape index (κ2) is 5.35. The van der Waals surface area contributed by atoms with Crippen molar-refractivity contribution in [1.82, 2.24) is 4.57 Å². The van der Waals surface area contributed by atoms with E-state index < -0.39 is 35.0 Å². The van der Waals surface area contributed by atoms with E-state index in [9.17, 15) is 19.5 Å². The molecule has 18 heavy (non-hydrogen) atoms. The number of carboxylic acid groups (broad SMARTS) is 1. The van der Waals surface area contributed by atoms with Crippen LogP contribution in [0.3, 0.4) is 0 Å². The highest BCUT2D eigenvalue weighted by Crippen LogP contribution is 2.14. The Morgan fingerprint density at radius 3 is 2.56 bits per heavy atom. The van der Waals surface area contributed by atoms with Crippen molar-refractivity contribution in [3.05, 3.63) is 28.2 Å². The van der Waals surface area contributed by atoms with Crippen molar-refractivity contribution in [2.24, 2.45) is 0 Å². The Labute approximate surface area is 102 Å². The van der Waals surface area contributed by atoms with Crippen LogP contribution in [-0.2, 0) is 9.53 Å². The average Bonchev–Trinajstić information content (AvgIpc) is 2.27. The molecule has 98 valence electrons. The first-order valence-corrected chi connectivity index (χ1v) is 5.24. The van der Waals surface area contributed by atoms with Gasteiger partial charge < -0.3 is 14.9 Å². The zero-order valence-corrected chi connectivity index (χ0v) is 9.91. The number of hydrogen-bond donors (Lipinski definition) is 2. The van der Waals surface area contributed by atoms with Gasteiger partial charge >= 0.3 is 11.9 Å². The van der Waals surface area contributed by atoms with E-state index in [4.69, 9.17) is 9.84 Å². The summed E-state index contributed by atoms with van der Waals surface area (Å²) in [5.74, 6) is -2.60. The molecule has 0 saturated carbocycles. The maximum atomic E-state index is 11.6. The van der Waals surface area contributed by atoms with Crippen molar-refractivity contribution < 1.29 is 24.5 Å². The van der Waals surface area contributed by atoms with Crippen LogP contribution in [-0.4, -0.2) is 33.3 Å². The molecule has 0 aliphatic rings. The Morgan fingerprint density at radius 2 is 2.06 bits per heavy atom. The lowest BCUT2D eigenvalue weighted by atomic mass is 10.2. The number of pyridine rings is 1. The van der Waals surface area contributed by atoms with Crippen molar-refractivity contribution in [3.8, 4) is 5.75 Å². The fraction of sp³-hybridized carbons (Fsp3) is 0.364. The number of aromatic carboxylic acids is 1. The minimum absolute atomic E-state index is 0.123. The topological polar surface area (TPSA) is 106 Å². The highest BCUT2D eigenvalue weighted by Gasteiger charge is 2.23. The van der Waals surface area contributed by atoms with Crippen molar-refractivity contribution in [2.45, 2.75) is 19.9 Å². The van der Waals surface area contributed by atoms with Crippen molar-refractivity contribution in [2.75, 3.05) is 6.61 Å². The van der Waals surface area contributed by atoms with E-state index in [0.717, 1.165) is 16.7 Å². The van der Waals surface area contributed by atoms with E-state index in [2.05, 4.69) is 0 Å². The number of aromatic nitrogens is 1. The molecule has 0 spiro atoms. The first kappa shape index (κ1) is 13.8. The second-order valence-electron chi connectivity index (χ2n) is 3.54. The Morgan fingerprint density at radius 1 is 1.44 bits per heavy atom. The third-order valence-corrected chi connectivity index (χ3v) is 2.29. The summed E-state index contributed by atoms with van der Waals surface area (Å²) in [5, 5.41) is 18.2. The summed E-state index contributed by atoms with van der Waals surface area (Å²) < 4.78 is 5.49. The van der Waals surface area contributed by atoms with E-state index in [1.54, 1.807) is 6.92 Å². The van der Waals surface area contributed by atoms with Gasteiger partial charge in [0.05, 0.1) is 6.61 Å². The van der Waals surface area contributed by atoms with Gasteiger partial charge in [-0.25, -0.2) is 9.59 Å². The Hall–Kier alpha value is -2.31. The summed E-state index contributed by atoms with van der Waals surface area (Å²) in [7, 11) is 0. The molecule has 0 radical (unpaired) electrons. The molecule has 0 aliphatic heterocycles. The van der Waals surface area contributed by atoms with Gasteiger partial charge in [-0.05, 0) is 13.8 Å². The van der Waals surface area contributed by atoms with Gasteiger partial charge in [-0.15, -0.1) is 0 Å². The van der Waals surface area contributed by atoms with Gasteiger partial charge in [0.25, 0.3) is 5.56 Å². The van der Waals surface area contributed by atoms with Gasteiger partial charge in [0.1, 0.15) is 17.5 Å². The van der Waals surface area contributed by atoms with Gasteiger partial charge in [-0.2, -0.15) is 0 Å². The van der Waals surface area contributed by atoms with Crippen LogP contribution in [0.15, 0.2) is 16.9 Å². The fourth-order valence-electron chi connectivity index (χ4n) is 1.50. The van der Waals surface area contributed by atoms with Gasteiger partial charge in [0.2, 0.25) is 0 Å². The number of rotatable bonds is 4. The molecule has 1 heterocycles. The zero-order chi connectivity index (χ0) is 13.9. The summed E-state index contributed by atoms with van der Waals surface area (Å²) in [6, 6.07) is 0.658. The van der Waals surface area contributed by atoms with Crippen LogP contribution in [0.5, 0.6) is 5.75 Å². The monoisotopic (exact) mass is 255 g/mol. The van der Waals surface area contributed by atoms with Crippen LogP contribution in [0.2, 0.25) is 0 Å². The Balaban J connectivity index is 3.35. The molecule has 2 N–H and O–H groups in total. The number of hydrogen-bond acceptors (Lipinski definition) is 5. The number of ether oxygens (including phenoxy) is 1. The highest BCUT2D eigenvalue weighted by molar-refractivity contribution is 5.87. The smallest absolute Gasteiger partial charge is 0.352 e. The van der Waals surface area contributed by atoms with E-state index in [0.29, 0.717) is 0 Å². The van der Waals surface area contributed by atoms with Crippen LogP contribution in [0.4, 0.5) is 0 Å². The predicted molar refractivity (Wildman–Crippen MR) is 60.7 cm³/mol. The number of aromatic hydroxyl groups is 1. The van der Waals surface area contributed by atoms with E-state index in [1.807, 2.05) is 0 Å². The molecule has 0 amide bonds. The lowest BCUT2D eigenvalue weighted by Crippen LogP contribution is -2.32. The third-order valence-electron chi connectivity index (χ3n) is 2.29. The normalized spacial score (nSPS) is 11.9. The quantitative estimate of drug-likeness (QED) is 0.753. The zero-order valence-electron chi connectivity index (χ0n) is 9.91. The molecule has 0 saturated heterocycles. The molecular weight excluding hydrogens is 242 g/mol. The maximum absolute atomic E-state index is 11.6. The van der Waals surface area contributed by atoms with Gasteiger partial charge in [-0.1, -0.05) is 0 Å². The molecule has 1 aromatic heterocycles. The lowest BCUT2D eigenvalue weighted by molar-refractivity contribution is -0.146. The molecule has 7 heteroatoms. The van der Waals surface area contributed by atoms with Crippen LogP contribution in [0.25, 0.3) is 0 Å². The molecule has 0 aromatic carbocycles. The van der Waals surface area contributed by atoms with Crippen LogP contribution in [0.1, 0.15) is 30.4 Å². The number of carbonyl (C=O) groups is 2. The van der Waals surface area contributed by atoms with Crippen LogP contribution in [0, 0.1) is 0 Å². The van der Waals surface area contributed by atoms with E-state index in [1.165, 1.54) is 6.92 Å². The molecule has 0 bridgehead atoms. The molecule has 1 unspecified atom stereocenters. The van der Waals surface area contributed by atoms with Crippen molar-refractivity contribution in [3.63, 3.8) is 0 Å². The summed E-state index contributed by atoms with van der Waals surface area (Å²) in [6.07, 6.45) is 0. The van der Waals surface area contributed by atoms with Crippen LogP contribution < -0.4 is 5.56 Å². The SMILES string of the molecule is CCOC(=O)C(C)n1c(C(=O)O)cc(O)cc1=O. The van der Waals surface area contributed by atoms with Crippen LogP contribution >= 0.6 is 0 Å². The second-order valence-corrected chi connectivity index (χ2v) is 3.54. The van der Waals surface area contributed by atoms with E-state index in [-0.39, 0.29) is 6.61 Å². The Bertz CT molecular complexity index is 533. The molecule has 0 fully saturated rings. The maximum Gasteiger partial charge on any atom is 0.352 e. The summed E-state index contributed by atoms with van der Waals surface area (Å²) >= 11 is 0. The first-order chi connectivity index (χ1) is 8.38. The van der Waals surface area contributed by atoms with Gasteiger partial charge in [-0.3, -0.25) is 9.36 Å². The predicted octanol–water partition coefficient (Wildman–Crippen LogP) is 0.376. The number of esters is 1. The van der Waals surface area contributed by atoms with Gasteiger partial charge in [0, 0.05) is 12.1 Å². The largest absolute Gasteiger partial charge is 0.508 e.